The molecular weight excluding hydrogens is 460 g/mol. The third-order valence-corrected chi connectivity index (χ3v) is 6.14. The van der Waals surface area contributed by atoms with Gasteiger partial charge in [0.25, 0.3) is 0 Å². The molecule has 0 bridgehead atoms. The molecule has 2 aromatic heterocycles. The molecule has 5 rings (SSSR count). The lowest BCUT2D eigenvalue weighted by Gasteiger charge is -2.29. The highest BCUT2D eigenvalue weighted by Crippen LogP contribution is 2.25. The number of carbonyl (C=O) groups excluding carboxylic acids is 1. The molecule has 1 saturated heterocycles. The largest absolute Gasteiger partial charge is 0.497 e. The Bertz CT molecular complexity index is 1270. The number of methoxy groups -OCH3 is 2. The zero-order valence-corrected chi connectivity index (χ0v) is 20.3. The number of hydrogen-bond acceptors (Lipinski definition) is 9. The van der Waals surface area contributed by atoms with Crippen LogP contribution < -0.4 is 19.3 Å². The van der Waals surface area contributed by atoms with E-state index in [1.54, 1.807) is 18.7 Å². The molecule has 0 atom stereocenters. The molecule has 0 saturated carbocycles. The monoisotopic (exact) mass is 488 g/mol. The maximum absolute atomic E-state index is 11.8. The van der Waals surface area contributed by atoms with Crippen molar-refractivity contribution in [1.29, 1.82) is 0 Å². The van der Waals surface area contributed by atoms with Gasteiger partial charge in [0.05, 0.1) is 39.2 Å². The van der Waals surface area contributed by atoms with Crippen LogP contribution in [-0.2, 0) is 17.8 Å². The van der Waals surface area contributed by atoms with E-state index in [1.807, 2.05) is 48.5 Å². The minimum absolute atomic E-state index is 0.419. The van der Waals surface area contributed by atoms with Crippen LogP contribution in [0, 0.1) is 0 Å². The number of morpholine rings is 1. The van der Waals surface area contributed by atoms with Gasteiger partial charge >= 0.3 is 0 Å². The summed E-state index contributed by atoms with van der Waals surface area (Å²) in [5.41, 5.74) is 3.05. The molecule has 10 nitrogen and oxygen atoms in total. The van der Waals surface area contributed by atoms with Crippen molar-refractivity contribution in [2.24, 2.45) is 0 Å². The number of rotatable bonds is 9. The minimum Gasteiger partial charge on any atom is -0.497 e. The van der Waals surface area contributed by atoms with Gasteiger partial charge in [0.1, 0.15) is 11.5 Å². The Morgan fingerprint density at radius 1 is 0.917 bits per heavy atom. The highest BCUT2D eigenvalue weighted by atomic mass is 16.5. The number of fused-ring (bicyclic) bond motifs is 1. The zero-order chi connectivity index (χ0) is 24.9. The Balaban J connectivity index is 1.59. The first-order valence-corrected chi connectivity index (χ1v) is 11.7. The number of nitrogens with zero attached hydrogens (tertiary/aromatic N) is 6. The average molecular weight is 489 g/mol. The normalized spacial score (nSPS) is 13.6. The van der Waals surface area contributed by atoms with Gasteiger partial charge in [-0.2, -0.15) is 19.6 Å². The molecule has 1 fully saturated rings. The van der Waals surface area contributed by atoms with Crippen LogP contribution in [0.3, 0.4) is 0 Å². The number of ether oxygens (including phenoxy) is 3. The molecule has 10 heteroatoms. The zero-order valence-electron chi connectivity index (χ0n) is 20.3. The van der Waals surface area contributed by atoms with Crippen LogP contribution in [0.4, 0.5) is 11.9 Å². The fourth-order valence-electron chi connectivity index (χ4n) is 4.16. The number of carbonyl (C=O) groups is 1. The third kappa shape index (κ3) is 4.94. The van der Waals surface area contributed by atoms with Crippen LogP contribution >= 0.6 is 0 Å². The summed E-state index contributed by atoms with van der Waals surface area (Å²) in [7, 11) is 3.30. The van der Waals surface area contributed by atoms with E-state index >= 15 is 0 Å². The van der Waals surface area contributed by atoms with Gasteiger partial charge in [0.15, 0.2) is 11.9 Å². The van der Waals surface area contributed by atoms with Crippen LogP contribution in [0.15, 0.2) is 54.7 Å². The molecular formula is C26H28N6O4. The van der Waals surface area contributed by atoms with Gasteiger partial charge in [-0.15, -0.1) is 0 Å². The number of benzene rings is 2. The van der Waals surface area contributed by atoms with Crippen molar-refractivity contribution >= 4 is 23.8 Å². The Labute approximate surface area is 209 Å². The Kier molecular flexibility index (Phi) is 6.94. The van der Waals surface area contributed by atoms with Gasteiger partial charge in [0, 0.05) is 26.2 Å². The van der Waals surface area contributed by atoms with Crippen LogP contribution in [0.5, 0.6) is 11.5 Å². The maximum Gasteiger partial charge on any atom is 0.232 e. The SMILES string of the molecule is COc1ccc(CN(Cc2ccc(OC)cc2)c2nc(N3CCOCC3)nc3c(C=O)cnn23)cc1. The predicted octanol–water partition coefficient (Wildman–Crippen LogP) is 3.00. The highest BCUT2D eigenvalue weighted by molar-refractivity contribution is 5.84. The fourth-order valence-corrected chi connectivity index (χ4v) is 4.16. The second kappa shape index (κ2) is 10.6. The lowest BCUT2D eigenvalue weighted by Crippen LogP contribution is -2.38. The van der Waals surface area contributed by atoms with Crippen molar-refractivity contribution in [3.05, 3.63) is 71.4 Å². The van der Waals surface area contributed by atoms with Crippen molar-refractivity contribution in [3.8, 4) is 11.5 Å². The summed E-state index contributed by atoms with van der Waals surface area (Å²) in [5, 5.41) is 4.47. The molecule has 0 N–H and O–H groups in total. The summed E-state index contributed by atoms with van der Waals surface area (Å²) in [6.07, 6.45) is 2.31. The first-order valence-electron chi connectivity index (χ1n) is 11.7. The minimum atomic E-state index is 0.419. The molecule has 3 heterocycles. The summed E-state index contributed by atoms with van der Waals surface area (Å²) in [6.45, 7) is 3.67. The molecule has 0 unspecified atom stereocenters. The van der Waals surface area contributed by atoms with Gasteiger partial charge in [-0.05, 0) is 35.4 Å². The summed E-state index contributed by atoms with van der Waals surface area (Å²) in [5.74, 6) is 2.74. The number of anilines is 2. The lowest BCUT2D eigenvalue weighted by atomic mass is 10.1. The van der Waals surface area contributed by atoms with Crippen molar-refractivity contribution < 1.29 is 19.0 Å². The Morgan fingerprint density at radius 2 is 1.50 bits per heavy atom. The van der Waals surface area contributed by atoms with Gasteiger partial charge in [-0.25, -0.2) is 0 Å². The second-order valence-electron chi connectivity index (χ2n) is 8.43. The lowest BCUT2D eigenvalue weighted by molar-refractivity contribution is 0.112. The Hall–Kier alpha value is -4.18. The fraction of sp³-hybridized carbons (Fsp3) is 0.308. The third-order valence-electron chi connectivity index (χ3n) is 6.14. The van der Waals surface area contributed by atoms with E-state index in [0.29, 0.717) is 62.5 Å². The van der Waals surface area contributed by atoms with Gasteiger partial charge in [0.2, 0.25) is 11.9 Å². The molecule has 36 heavy (non-hydrogen) atoms. The molecule has 0 aliphatic carbocycles. The quantitative estimate of drug-likeness (QED) is 0.330. The van der Waals surface area contributed by atoms with Gasteiger partial charge in [-0.1, -0.05) is 24.3 Å². The molecule has 4 aromatic rings. The number of hydrogen-bond donors (Lipinski definition) is 0. The predicted molar refractivity (Wildman–Crippen MR) is 135 cm³/mol. The van der Waals surface area contributed by atoms with Crippen molar-refractivity contribution in [3.63, 3.8) is 0 Å². The van der Waals surface area contributed by atoms with E-state index in [9.17, 15) is 4.79 Å². The maximum atomic E-state index is 11.8. The van der Waals surface area contributed by atoms with Crippen LogP contribution in [-0.4, -0.2) is 66.4 Å². The van der Waals surface area contributed by atoms with Crippen molar-refractivity contribution in [1.82, 2.24) is 19.6 Å². The van der Waals surface area contributed by atoms with E-state index in [0.717, 1.165) is 28.9 Å². The summed E-state index contributed by atoms with van der Waals surface area (Å²) in [6, 6.07) is 15.9. The number of aldehydes is 1. The van der Waals surface area contributed by atoms with Crippen LogP contribution in [0.25, 0.3) is 5.65 Å². The summed E-state index contributed by atoms with van der Waals surface area (Å²) in [4.78, 5) is 25.6. The smallest absolute Gasteiger partial charge is 0.232 e. The van der Waals surface area contributed by atoms with Crippen molar-refractivity contribution in [2.45, 2.75) is 13.1 Å². The molecule has 0 spiro atoms. The molecule has 2 aromatic carbocycles. The topological polar surface area (TPSA) is 94.3 Å². The van der Waals surface area contributed by atoms with E-state index in [4.69, 9.17) is 24.2 Å². The molecule has 186 valence electrons. The van der Waals surface area contributed by atoms with E-state index in [2.05, 4.69) is 14.9 Å². The molecule has 0 amide bonds. The second-order valence-corrected chi connectivity index (χ2v) is 8.43. The standard InChI is InChI=1S/C26H28N6O4/c1-34-22-7-3-19(4-8-22)16-31(17-20-5-9-23(35-2)10-6-20)26-29-25(30-11-13-36-14-12-30)28-24-21(18-33)15-27-32(24)26/h3-10,15,18H,11-14,16-17H2,1-2H3. The molecule has 1 aliphatic rings. The van der Waals surface area contributed by atoms with Crippen LogP contribution in [0.2, 0.25) is 0 Å². The number of aromatic nitrogens is 4. The van der Waals surface area contributed by atoms with E-state index < -0.39 is 0 Å². The first-order chi connectivity index (χ1) is 17.7. The molecule has 1 aliphatic heterocycles. The summed E-state index contributed by atoms with van der Waals surface area (Å²) >= 11 is 0. The van der Waals surface area contributed by atoms with Gasteiger partial charge < -0.3 is 24.0 Å². The average Bonchev–Trinajstić information content (AvgIpc) is 3.36. The van der Waals surface area contributed by atoms with E-state index in [-0.39, 0.29) is 0 Å². The Morgan fingerprint density at radius 3 is 2.03 bits per heavy atom. The highest BCUT2D eigenvalue weighted by Gasteiger charge is 2.22. The molecule has 0 radical (unpaired) electrons. The van der Waals surface area contributed by atoms with Gasteiger partial charge in [-0.3, -0.25) is 4.79 Å². The van der Waals surface area contributed by atoms with Crippen LogP contribution in [0.1, 0.15) is 21.5 Å². The van der Waals surface area contributed by atoms with Crippen molar-refractivity contribution in [2.75, 3.05) is 50.3 Å². The first kappa shape index (κ1) is 23.6. The summed E-state index contributed by atoms with van der Waals surface area (Å²) < 4.78 is 17.8. The van der Waals surface area contributed by atoms with E-state index in [1.165, 1.54) is 6.20 Å².